The summed E-state index contributed by atoms with van der Waals surface area (Å²) < 4.78 is 6.00. The Balaban J connectivity index is 1.63. The third kappa shape index (κ3) is 7.38. The summed E-state index contributed by atoms with van der Waals surface area (Å²) in [4.78, 5) is 29.3. The number of hydrogen-bond donors (Lipinski definition) is 1. The molecule has 3 aromatic carbocycles. The predicted molar refractivity (Wildman–Crippen MR) is 152 cm³/mol. The maximum absolute atomic E-state index is 13.8. The minimum absolute atomic E-state index is 0.132. The molecule has 0 heterocycles. The molecule has 0 bridgehead atoms. The molecule has 6 heteroatoms. The standard InChI is InChI=1S/C32H37ClN2O3/c1-23-12-11-19-30(24(23)2)38-22-31(36)35(21-26-15-9-10-18-28(26)33)29(20-25-13-5-3-6-14-25)32(37)34-27-16-7-4-8-17-27/h3,5-6,9-15,18-19,27,29H,4,7-8,16-17,20-22H2,1-2H3,(H,34,37)/t29-/m0/s1. The molecule has 1 aliphatic rings. The van der Waals surface area contributed by atoms with Gasteiger partial charge in [0, 0.05) is 24.0 Å². The molecule has 1 saturated carbocycles. The van der Waals surface area contributed by atoms with Crippen LogP contribution in [0.5, 0.6) is 5.75 Å². The van der Waals surface area contributed by atoms with Crippen LogP contribution in [0.1, 0.15) is 54.4 Å². The molecular weight excluding hydrogens is 496 g/mol. The summed E-state index contributed by atoms with van der Waals surface area (Å²) in [6.45, 7) is 4.03. The number of benzene rings is 3. The molecule has 0 unspecified atom stereocenters. The van der Waals surface area contributed by atoms with Crippen molar-refractivity contribution in [1.82, 2.24) is 10.2 Å². The van der Waals surface area contributed by atoms with Gasteiger partial charge in [-0.2, -0.15) is 0 Å². The Kier molecular flexibility index (Phi) is 9.83. The Hall–Kier alpha value is -3.31. The Morgan fingerprint density at radius 2 is 1.66 bits per heavy atom. The van der Waals surface area contributed by atoms with Gasteiger partial charge in [0.25, 0.3) is 5.91 Å². The average molecular weight is 533 g/mol. The normalized spacial score (nSPS) is 14.5. The molecule has 0 spiro atoms. The minimum Gasteiger partial charge on any atom is -0.483 e. The van der Waals surface area contributed by atoms with E-state index in [9.17, 15) is 9.59 Å². The lowest BCUT2D eigenvalue weighted by molar-refractivity contribution is -0.143. The van der Waals surface area contributed by atoms with Crippen molar-refractivity contribution in [1.29, 1.82) is 0 Å². The quantitative estimate of drug-likeness (QED) is 0.327. The van der Waals surface area contributed by atoms with Gasteiger partial charge in [-0.05, 0) is 61.1 Å². The number of nitrogens with one attached hydrogen (secondary N) is 1. The maximum Gasteiger partial charge on any atom is 0.261 e. The van der Waals surface area contributed by atoms with Crippen LogP contribution >= 0.6 is 11.6 Å². The van der Waals surface area contributed by atoms with Gasteiger partial charge in [-0.25, -0.2) is 0 Å². The van der Waals surface area contributed by atoms with E-state index in [0.717, 1.165) is 47.9 Å². The van der Waals surface area contributed by atoms with Crippen LogP contribution in [0.2, 0.25) is 5.02 Å². The van der Waals surface area contributed by atoms with E-state index in [1.54, 1.807) is 11.0 Å². The van der Waals surface area contributed by atoms with Crippen LogP contribution in [0.15, 0.2) is 72.8 Å². The number of ether oxygens (including phenoxy) is 1. The number of carbonyl (C=O) groups excluding carboxylic acids is 2. The monoisotopic (exact) mass is 532 g/mol. The summed E-state index contributed by atoms with van der Waals surface area (Å²) in [5.74, 6) is 0.278. The van der Waals surface area contributed by atoms with Gasteiger partial charge in [-0.15, -0.1) is 0 Å². The van der Waals surface area contributed by atoms with E-state index in [1.165, 1.54) is 6.42 Å². The van der Waals surface area contributed by atoms with E-state index in [1.807, 2.05) is 80.6 Å². The number of carbonyl (C=O) groups is 2. The fourth-order valence-electron chi connectivity index (χ4n) is 5.01. The zero-order chi connectivity index (χ0) is 26.9. The molecule has 5 nitrogen and oxygen atoms in total. The van der Waals surface area contributed by atoms with Crippen molar-refractivity contribution in [2.75, 3.05) is 6.61 Å². The molecule has 2 amide bonds. The van der Waals surface area contributed by atoms with Crippen molar-refractivity contribution < 1.29 is 14.3 Å². The van der Waals surface area contributed by atoms with Crippen LogP contribution in [0.3, 0.4) is 0 Å². The Bertz CT molecular complexity index is 1220. The lowest BCUT2D eigenvalue weighted by atomic mass is 9.94. The van der Waals surface area contributed by atoms with Crippen molar-refractivity contribution in [3.05, 3.63) is 100 Å². The zero-order valence-corrected chi connectivity index (χ0v) is 23.0. The van der Waals surface area contributed by atoms with Crippen LogP contribution in [-0.4, -0.2) is 35.4 Å². The third-order valence-corrected chi connectivity index (χ3v) is 7.80. The topological polar surface area (TPSA) is 58.6 Å². The Morgan fingerprint density at radius 3 is 2.39 bits per heavy atom. The first-order valence-corrected chi connectivity index (χ1v) is 13.9. The van der Waals surface area contributed by atoms with Gasteiger partial charge < -0.3 is 15.0 Å². The van der Waals surface area contributed by atoms with Crippen LogP contribution in [0.25, 0.3) is 0 Å². The molecule has 1 atom stereocenters. The van der Waals surface area contributed by atoms with E-state index in [-0.39, 0.29) is 31.0 Å². The molecule has 0 aliphatic heterocycles. The van der Waals surface area contributed by atoms with Gasteiger partial charge in [0.1, 0.15) is 11.8 Å². The number of aryl methyl sites for hydroxylation is 1. The fraction of sp³-hybridized carbons (Fsp3) is 0.375. The summed E-state index contributed by atoms with van der Waals surface area (Å²) in [6.07, 6.45) is 5.77. The minimum atomic E-state index is -0.703. The highest BCUT2D eigenvalue weighted by Crippen LogP contribution is 2.24. The van der Waals surface area contributed by atoms with Gasteiger partial charge in [-0.3, -0.25) is 9.59 Å². The van der Waals surface area contributed by atoms with Gasteiger partial charge in [0.15, 0.2) is 6.61 Å². The summed E-state index contributed by atoms with van der Waals surface area (Å²) in [5.41, 5.74) is 3.87. The molecule has 3 aromatic rings. The van der Waals surface area contributed by atoms with Crippen molar-refractivity contribution in [2.45, 2.75) is 71.0 Å². The molecule has 1 aliphatic carbocycles. The second-order valence-corrected chi connectivity index (χ2v) is 10.6. The molecule has 200 valence electrons. The first kappa shape index (κ1) is 27.7. The van der Waals surface area contributed by atoms with Gasteiger partial charge in [0.2, 0.25) is 5.91 Å². The highest BCUT2D eigenvalue weighted by atomic mass is 35.5. The first-order chi connectivity index (χ1) is 18.4. The molecule has 4 rings (SSSR count). The van der Waals surface area contributed by atoms with E-state index < -0.39 is 6.04 Å². The fourth-order valence-corrected chi connectivity index (χ4v) is 5.21. The second kappa shape index (κ2) is 13.5. The molecule has 38 heavy (non-hydrogen) atoms. The molecule has 1 N–H and O–H groups in total. The number of amides is 2. The van der Waals surface area contributed by atoms with Crippen LogP contribution < -0.4 is 10.1 Å². The summed E-state index contributed by atoms with van der Waals surface area (Å²) >= 11 is 6.51. The first-order valence-electron chi connectivity index (χ1n) is 13.5. The Morgan fingerprint density at radius 1 is 0.947 bits per heavy atom. The van der Waals surface area contributed by atoms with Crippen LogP contribution in [-0.2, 0) is 22.6 Å². The smallest absolute Gasteiger partial charge is 0.261 e. The lowest BCUT2D eigenvalue weighted by Crippen LogP contribution is -2.53. The number of nitrogens with zero attached hydrogens (tertiary/aromatic N) is 1. The van der Waals surface area contributed by atoms with E-state index in [2.05, 4.69) is 5.32 Å². The number of hydrogen-bond acceptors (Lipinski definition) is 3. The Labute approximate surface area is 231 Å². The average Bonchev–Trinajstić information content (AvgIpc) is 2.93. The van der Waals surface area contributed by atoms with E-state index >= 15 is 0 Å². The largest absolute Gasteiger partial charge is 0.483 e. The molecular formula is C32H37ClN2O3. The third-order valence-electron chi connectivity index (χ3n) is 7.43. The van der Waals surface area contributed by atoms with Crippen molar-refractivity contribution in [3.8, 4) is 5.75 Å². The predicted octanol–water partition coefficient (Wildman–Crippen LogP) is 6.42. The van der Waals surface area contributed by atoms with Crippen molar-refractivity contribution >= 4 is 23.4 Å². The van der Waals surface area contributed by atoms with Crippen molar-refractivity contribution in [2.24, 2.45) is 0 Å². The molecule has 0 saturated heterocycles. The maximum atomic E-state index is 13.8. The van der Waals surface area contributed by atoms with E-state index in [0.29, 0.717) is 17.2 Å². The molecule has 0 radical (unpaired) electrons. The van der Waals surface area contributed by atoms with Crippen LogP contribution in [0.4, 0.5) is 0 Å². The lowest BCUT2D eigenvalue weighted by Gasteiger charge is -2.33. The van der Waals surface area contributed by atoms with E-state index in [4.69, 9.17) is 16.3 Å². The highest BCUT2D eigenvalue weighted by Gasteiger charge is 2.32. The molecule has 1 fully saturated rings. The van der Waals surface area contributed by atoms with Gasteiger partial charge in [0.05, 0.1) is 0 Å². The van der Waals surface area contributed by atoms with Crippen molar-refractivity contribution in [3.63, 3.8) is 0 Å². The summed E-state index contributed by atoms with van der Waals surface area (Å²) in [5, 5.41) is 3.82. The second-order valence-electron chi connectivity index (χ2n) is 10.1. The number of halogens is 1. The number of rotatable bonds is 10. The summed E-state index contributed by atoms with van der Waals surface area (Å²) in [6, 6.07) is 22.5. The summed E-state index contributed by atoms with van der Waals surface area (Å²) in [7, 11) is 0. The zero-order valence-electron chi connectivity index (χ0n) is 22.3. The van der Waals surface area contributed by atoms with Gasteiger partial charge >= 0.3 is 0 Å². The van der Waals surface area contributed by atoms with Crippen LogP contribution in [0, 0.1) is 13.8 Å². The SMILES string of the molecule is Cc1cccc(OCC(=O)N(Cc2ccccc2Cl)[C@@H](Cc2ccccc2)C(=O)NC2CCCCC2)c1C. The van der Waals surface area contributed by atoms with Gasteiger partial charge in [-0.1, -0.05) is 91.5 Å². The molecule has 0 aromatic heterocycles. The highest BCUT2D eigenvalue weighted by molar-refractivity contribution is 6.31.